The standard InChI is InChI=1S/C7H12O3.C5H3Cl3N2.C5H5ClN2O2.C5H5IN2O2.C5H6N2O3/c1-4-10-7(9)5(2)6(3)8;1-2-3(6)9-5(8)10-4(2)7;2*1-2-3(6)7-5(10)8-4(2)9;1-2-3(8)6-5(10)7-4(2)9/h5H,4H2,1-3H3;1H3;2*1H3,(H2,7,8,9,10);2H,1H3,(H2,6,7,8,9,10). The van der Waals surface area contributed by atoms with E-state index in [0.29, 0.717) is 37.3 Å². The minimum atomic E-state index is -0.766. The summed E-state index contributed by atoms with van der Waals surface area (Å²) in [5, 5.41) is 4.65. The van der Waals surface area contributed by atoms with Crippen LogP contribution in [0.5, 0.6) is 0 Å². The molecule has 4 heterocycles. The van der Waals surface area contributed by atoms with E-state index in [2.05, 4.69) is 29.7 Å². The predicted molar refractivity (Wildman–Crippen MR) is 192 cm³/mol. The van der Waals surface area contributed by atoms with Gasteiger partial charge < -0.3 is 9.72 Å². The largest absolute Gasteiger partial charge is 0.465 e. The van der Waals surface area contributed by atoms with Gasteiger partial charge in [-0.05, 0) is 82.7 Å². The van der Waals surface area contributed by atoms with Gasteiger partial charge in [0.05, 0.1) is 10.3 Å². The lowest BCUT2D eigenvalue weighted by Gasteiger charge is -2.16. The van der Waals surface area contributed by atoms with Crippen molar-refractivity contribution in [1.82, 2.24) is 40.5 Å². The van der Waals surface area contributed by atoms with Crippen molar-refractivity contribution in [2.24, 2.45) is 11.8 Å². The molecule has 18 nitrogen and oxygen atoms in total. The summed E-state index contributed by atoms with van der Waals surface area (Å²) in [6, 6.07) is -0.742. The van der Waals surface area contributed by atoms with E-state index in [9.17, 15) is 43.2 Å². The first-order valence-corrected chi connectivity index (χ1v) is 16.3. The van der Waals surface area contributed by atoms with Crippen LogP contribution in [0.25, 0.3) is 0 Å². The Hall–Kier alpha value is -3.92. The number of barbiturate groups is 1. The number of ether oxygens (including phenoxy) is 1. The van der Waals surface area contributed by atoms with Crippen molar-refractivity contribution < 1.29 is 28.7 Å². The maximum Gasteiger partial charge on any atom is 0.328 e. The molecule has 3 aromatic heterocycles. The second kappa shape index (κ2) is 22.0. The SMILES string of the molecule is CC1C(=O)NC(=O)NC1=O.CCOC(=O)C(C)C(C)=O.Cc1c(Cl)[nH]c(=O)[nH]c1=O.Cc1c(Cl)nc(Cl)nc1Cl.Cc1c(I)[nH]c(=O)[nH]c1=O. The number of carbonyl (C=O) groups is 5. The Bertz CT molecular complexity index is 1850. The normalized spacial score (nSPS) is 12.4. The van der Waals surface area contributed by atoms with Gasteiger partial charge in [-0.15, -0.1) is 0 Å². The summed E-state index contributed by atoms with van der Waals surface area (Å²) in [6.45, 7) is 11.3. The number of rotatable bonds is 3. The summed E-state index contributed by atoms with van der Waals surface area (Å²) in [5.41, 5.74) is -0.309. The van der Waals surface area contributed by atoms with Gasteiger partial charge in [0.2, 0.25) is 17.1 Å². The Morgan fingerprint density at radius 1 is 0.780 bits per heavy atom. The molecule has 1 atom stereocenters. The van der Waals surface area contributed by atoms with Gasteiger partial charge in [0.1, 0.15) is 33.1 Å². The molecule has 4 rings (SSSR count). The molecule has 0 radical (unpaired) electrons. The zero-order valence-corrected chi connectivity index (χ0v) is 32.4. The molecule has 0 aromatic carbocycles. The molecule has 1 fully saturated rings. The molecular formula is C27H31Cl4IN8O10. The van der Waals surface area contributed by atoms with Crippen LogP contribution in [-0.2, 0) is 23.9 Å². The smallest absolute Gasteiger partial charge is 0.328 e. The Balaban J connectivity index is 0.000000600. The van der Waals surface area contributed by atoms with Crippen LogP contribution in [0.3, 0.4) is 0 Å². The number of aromatic nitrogens is 6. The summed E-state index contributed by atoms with van der Waals surface area (Å²) in [5.74, 6) is -3.06. The molecular weight excluding hydrogens is 865 g/mol. The number of aromatic amines is 4. The first-order chi connectivity index (χ1) is 23.0. The number of nitrogens with zero attached hydrogens (tertiary/aromatic N) is 2. The highest BCUT2D eigenvalue weighted by Crippen LogP contribution is 2.20. The van der Waals surface area contributed by atoms with Gasteiger partial charge in [0, 0.05) is 16.7 Å². The van der Waals surface area contributed by atoms with Crippen molar-refractivity contribution >= 4 is 98.6 Å². The third kappa shape index (κ3) is 16.2. The number of hydrogen-bond donors (Lipinski definition) is 6. The summed E-state index contributed by atoms with van der Waals surface area (Å²) >= 11 is 24.0. The van der Waals surface area contributed by atoms with Gasteiger partial charge in [0.15, 0.2) is 0 Å². The number of carbonyl (C=O) groups excluding carboxylic acids is 5. The van der Waals surface area contributed by atoms with Gasteiger partial charge >= 0.3 is 23.4 Å². The van der Waals surface area contributed by atoms with E-state index in [1.807, 2.05) is 38.2 Å². The van der Waals surface area contributed by atoms with Crippen molar-refractivity contribution in [3.05, 3.63) is 82.8 Å². The Morgan fingerprint density at radius 2 is 1.22 bits per heavy atom. The number of nitrogens with one attached hydrogen (secondary N) is 6. The van der Waals surface area contributed by atoms with Crippen LogP contribution in [0.4, 0.5) is 4.79 Å². The van der Waals surface area contributed by atoms with E-state index >= 15 is 0 Å². The summed E-state index contributed by atoms with van der Waals surface area (Å²) in [7, 11) is 0. The van der Waals surface area contributed by atoms with Crippen molar-refractivity contribution in [2.75, 3.05) is 6.61 Å². The predicted octanol–water partition coefficient (Wildman–Crippen LogP) is 2.51. The topological polar surface area (TPSA) is 276 Å². The number of ketones is 1. The van der Waals surface area contributed by atoms with E-state index in [4.69, 9.17) is 46.4 Å². The summed E-state index contributed by atoms with van der Waals surface area (Å²) < 4.78 is 5.19. The fourth-order valence-electron chi connectivity index (χ4n) is 2.51. The molecule has 6 N–H and O–H groups in total. The maximum absolute atomic E-state index is 10.8. The molecule has 0 bridgehead atoms. The van der Waals surface area contributed by atoms with E-state index in [1.54, 1.807) is 27.7 Å². The molecule has 23 heteroatoms. The fraction of sp³-hybridized carbons (Fsp3) is 0.370. The molecule has 1 unspecified atom stereocenters. The van der Waals surface area contributed by atoms with Crippen LogP contribution >= 0.6 is 69.0 Å². The molecule has 4 amide bonds. The van der Waals surface area contributed by atoms with Crippen LogP contribution in [0.2, 0.25) is 20.7 Å². The molecule has 3 aromatic rings. The first kappa shape index (κ1) is 46.1. The van der Waals surface area contributed by atoms with E-state index in [1.165, 1.54) is 20.8 Å². The van der Waals surface area contributed by atoms with E-state index in [0.717, 1.165) is 0 Å². The maximum atomic E-state index is 10.8. The van der Waals surface area contributed by atoms with Crippen molar-refractivity contribution in [1.29, 1.82) is 0 Å². The van der Waals surface area contributed by atoms with Crippen LogP contribution < -0.4 is 33.1 Å². The highest BCUT2D eigenvalue weighted by molar-refractivity contribution is 14.1. The molecule has 1 aliphatic rings. The number of H-pyrrole nitrogens is 4. The molecule has 274 valence electrons. The van der Waals surface area contributed by atoms with E-state index < -0.39 is 52.6 Å². The van der Waals surface area contributed by atoms with Crippen LogP contribution in [0.15, 0.2) is 19.2 Å². The monoisotopic (exact) mass is 894 g/mol. The zero-order valence-electron chi connectivity index (χ0n) is 27.2. The molecule has 0 aliphatic carbocycles. The summed E-state index contributed by atoms with van der Waals surface area (Å²) in [4.78, 5) is 112. The average molecular weight is 896 g/mol. The molecule has 1 aliphatic heterocycles. The van der Waals surface area contributed by atoms with E-state index in [-0.39, 0.29) is 21.8 Å². The molecule has 1 saturated heterocycles. The Kier molecular flexibility index (Phi) is 20.3. The van der Waals surface area contributed by atoms with Gasteiger partial charge in [-0.3, -0.25) is 54.4 Å². The third-order valence-corrected chi connectivity index (χ3v) is 8.11. The first-order valence-electron chi connectivity index (χ1n) is 13.7. The second-order valence-corrected chi connectivity index (χ2v) is 12.0. The fourth-order valence-corrected chi connectivity index (χ4v) is 3.81. The lowest BCUT2D eigenvalue weighted by Crippen LogP contribution is -2.54. The van der Waals surface area contributed by atoms with Crippen LogP contribution in [0.1, 0.15) is 44.4 Å². The lowest BCUT2D eigenvalue weighted by molar-refractivity contribution is -0.150. The second-order valence-electron chi connectivity index (χ2n) is 9.51. The van der Waals surface area contributed by atoms with Gasteiger partial charge in [-0.2, -0.15) is 0 Å². The minimum Gasteiger partial charge on any atom is -0.465 e. The Morgan fingerprint density at radius 3 is 1.62 bits per heavy atom. The zero-order chi connectivity index (χ0) is 39.0. The molecule has 0 spiro atoms. The van der Waals surface area contributed by atoms with Crippen molar-refractivity contribution in [2.45, 2.75) is 48.5 Å². The van der Waals surface area contributed by atoms with Gasteiger partial charge in [-0.25, -0.2) is 24.4 Å². The van der Waals surface area contributed by atoms with Crippen molar-refractivity contribution in [3.63, 3.8) is 0 Å². The van der Waals surface area contributed by atoms with Gasteiger partial charge in [-0.1, -0.05) is 34.8 Å². The number of Topliss-reactive ketones (excluding diaryl/α,β-unsaturated/α-hetero) is 1. The molecule has 50 heavy (non-hydrogen) atoms. The average Bonchev–Trinajstić information content (AvgIpc) is 3.01. The van der Waals surface area contributed by atoms with Crippen molar-refractivity contribution in [3.8, 4) is 0 Å². The number of urea groups is 1. The van der Waals surface area contributed by atoms with Crippen LogP contribution in [-0.4, -0.2) is 66.1 Å². The van der Waals surface area contributed by atoms with Gasteiger partial charge in [0.25, 0.3) is 11.1 Å². The highest BCUT2D eigenvalue weighted by Gasteiger charge is 2.29. The number of hydrogen-bond acceptors (Lipinski definition) is 12. The lowest BCUT2D eigenvalue weighted by atomic mass is 10.1. The highest BCUT2D eigenvalue weighted by atomic mass is 127. The number of esters is 1. The quantitative estimate of drug-likeness (QED) is 0.0728. The Labute approximate surface area is 315 Å². The number of amides is 4. The number of imide groups is 2. The van der Waals surface area contributed by atoms with Crippen LogP contribution in [0, 0.1) is 36.3 Å². The molecule has 0 saturated carbocycles. The minimum absolute atomic E-state index is 0.0700. The number of halogens is 5. The third-order valence-electron chi connectivity index (χ3n) is 5.75. The summed E-state index contributed by atoms with van der Waals surface area (Å²) in [6.07, 6.45) is 0.